The molecule has 0 aliphatic carbocycles. The molecule has 2 rings (SSSR count). The van der Waals surface area contributed by atoms with Crippen LogP contribution < -0.4 is 15.8 Å². The van der Waals surface area contributed by atoms with Crippen molar-refractivity contribution in [1.82, 2.24) is 5.32 Å². The molecular formula is C18H23ClN2O3. The van der Waals surface area contributed by atoms with E-state index in [0.717, 1.165) is 17.7 Å². The highest BCUT2D eigenvalue weighted by atomic mass is 35.5. The van der Waals surface area contributed by atoms with Crippen LogP contribution in [0.3, 0.4) is 0 Å². The van der Waals surface area contributed by atoms with Crippen LogP contribution >= 0.6 is 12.4 Å². The second kappa shape index (κ2) is 10.5. The van der Waals surface area contributed by atoms with Crippen molar-refractivity contribution >= 4 is 24.0 Å². The maximum atomic E-state index is 11.9. The molecule has 6 heteroatoms. The molecule has 0 saturated heterocycles. The second-order valence-corrected chi connectivity index (χ2v) is 5.10. The lowest BCUT2D eigenvalue weighted by Crippen LogP contribution is -2.26. The SMILES string of the molecule is COc1ccc(COCCCNC(=O)c2ccccc2N)cc1.Cl. The maximum Gasteiger partial charge on any atom is 0.253 e. The van der Waals surface area contributed by atoms with Crippen LogP contribution in [0.4, 0.5) is 5.69 Å². The first kappa shape index (κ1) is 19.8. The van der Waals surface area contributed by atoms with Gasteiger partial charge >= 0.3 is 0 Å². The number of benzene rings is 2. The van der Waals surface area contributed by atoms with Crippen LogP contribution in [0.1, 0.15) is 22.3 Å². The van der Waals surface area contributed by atoms with Gasteiger partial charge in [0.15, 0.2) is 0 Å². The highest BCUT2D eigenvalue weighted by Crippen LogP contribution is 2.12. The zero-order valence-corrected chi connectivity index (χ0v) is 14.5. The minimum absolute atomic E-state index is 0. The van der Waals surface area contributed by atoms with Crippen molar-refractivity contribution in [1.29, 1.82) is 0 Å². The first-order valence-corrected chi connectivity index (χ1v) is 7.54. The normalized spacial score (nSPS) is 9.88. The Morgan fingerprint density at radius 1 is 1.12 bits per heavy atom. The average molecular weight is 351 g/mol. The number of carbonyl (C=O) groups is 1. The number of nitrogen functional groups attached to an aromatic ring is 1. The number of nitrogens with one attached hydrogen (secondary N) is 1. The summed E-state index contributed by atoms with van der Waals surface area (Å²) >= 11 is 0. The van der Waals surface area contributed by atoms with Gasteiger partial charge in [-0.2, -0.15) is 0 Å². The Labute approximate surface area is 148 Å². The van der Waals surface area contributed by atoms with Gasteiger partial charge in [0, 0.05) is 18.8 Å². The summed E-state index contributed by atoms with van der Waals surface area (Å²) in [7, 11) is 1.64. The number of carbonyl (C=O) groups excluding carboxylic acids is 1. The molecule has 2 aromatic rings. The highest BCUT2D eigenvalue weighted by molar-refractivity contribution is 5.98. The number of anilines is 1. The lowest BCUT2D eigenvalue weighted by atomic mass is 10.1. The largest absolute Gasteiger partial charge is 0.497 e. The van der Waals surface area contributed by atoms with Crippen molar-refractivity contribution in [3.8, 4) is 5.75 Å². The number of hydrogen-bond acceptors (Lipinski definition) is 4. The first-order chi connectivity index (χ1) is 11.2. The molecule has 0 aliphatic heterocycles. The number of nitrogens with two attached hydrogens (primary N) is 1. The van der Waals surface area contributed by atoms with Crippen molar-refractivity contribution in [2.45, 2.75) is 13.0 Å². The molecule has 2 aromatic carbocycles. The van der Waals surface area contributed by atoms with E-state index < -0.39 is 0 Å². The van der Waals surface area contributed by atoms with E-state index in [1.54, 1.807) is 31.4 Å². The molecule has 0 heterocycles. The van der Waals surface area contributed by atoms with Gasteiger partial charge in [-0.3, -0.25) is 4.79 Å². The zero-order chi connectivity index (χ0) is 16.5. The van der Waals surface area contributed by atoms with E-state index in [0.29, 0.717) is 31.0 Å². The van der Waals surface area contributed by atoms with Gasteiger partial charge in [0.1, 0.15) is 5.75 Å². The smallest absolute Gasteiger partial charge is 0.253 e. The molecule has 0 aliphatic rings. The molecule has 0 atom stereocenters. The van der Waals surface area contributed by atoms with E-state index in [1.807, 2.05) is 24.3 Å². The number of halogens is 1. The van der Waals surface area contributed by atoms with Gasteiger partial charge in [-0.1, -0.05) is 24.3 Å². The molecule has 3 N–H and O–H groups in total. The van der Waals surface area contributed by atoms with Crippen molar-refractivity contribution in [3.05, 3.63) is 59.7 Å². The molecule has 0 saturated carbocycles. The van der Waals surface area contributed by atoms with E-state index in [9.17, 15) is 4.79 Å². The van der Waals surface area contributed by atoms with Gasteiger partial charge < -0.3 is 20.5 Å². The lowest BCUT2D eigenvalue weighted by Gasteiger charge is -2.08. The topological polar surface area (TPSA) is 73.6 Å². The molecule has 0 spiro atoms. The summed E-state index contributed by atoms with van der Waals surface area (Å²) in [5, 5.41) is 2.84. The predicted octanol–water partition coefficient (Wildman–Crippen LogP) is 3.04. The zero-order valence-electron chi connectivity index (χ0n) is 13.7. The van der Waals surface area contributed by atoms with Gasteiger partial charge in [0.05, 0.1) is 19.3 Å². The summed E-state index contributed by atoms with van der Waals surface area (Å²) in [6.07, 6.45) is 0.745. The summed E-state index contributed by atoms with van der Waals surface area (Å²) in [6, 6.07) is 14.8. The van der Waals surface area contributed by atoms with Crippen LogP contribution in [0.2, 0.25) is 0 Å². The maximum absolute atomic E-state index is 11.9. The van der Waals surface area contributed by atoms with Gasteiger partial charge in [-0.15, -0.1) is 12.4 Å². The van der Waals surface area contributed by atoms with E-state index in [2.05, 4.69) is 5.32 Å². The fourth-order valence-electron chi connectivity index (χ4n) is 2.09. The number of ether oxygens (including phenoxy) is 2. The molecule has 1 amide bonds. The van der Waals surface area contributed by atoms with Gasteiger partial charge in [0.25, 0.3) is 5.91 Å². The molecule has 0 fully saturated rings. The fourth-order valence-corrected chi connectivity index (χ4v) is 2.09. The van der Waals surface area contributed by atoms with Crippen LogP contribution in [0.15, 0.2) is 48.5 Å². The second-order valence-electron chi connectivity index (χ2n) is 5.10. The van der Waals surface area contributed by atoms with Crippen molar-refractivity contribution < 1.29 is 14.3 Å². The quantitative estimate of drug-likeness (QED) is 0.567. The molecule has 0 unspecified atom stereocenters. The highest BCUT2D eigenvalue weighted by Gasteiger charge is 2.07. The lowest BCUT2D eigenvalue weighted by molar-refractivity contribution is 0.0935. The Kier molecular flexibility index (Phi) is 8.68. The van der Waals surface area contributed by atoms with Crippen LogP contribution in [-0.4, -0.2) is 26.2 Å². The Morgan fingerprint density at radius 3 is 2.50 bits per heavy atom. The number of para-hydroxylation sites is 1. The molecular weight excluding hydrogens is 328 g/mol. The van der Waals surface area contributed by atoms with E-state index in [-0.39, 0.29) is 18.3 Å². The summed E-state index contributed by atoms with van der Waals surface area (Å²) in [6.45, 7) is 1.68. The predicted molar refractivity (Wildman–Crippen MR) is 97.7 cm³/mol. The number of amides is 1. The van der Waals surface area contributed by atoms with E-state index in [1.165, 1.54) is 0 Å². The standard InChI is InChI=1S/C18H22N2O3.ClH/c1-22-15-9-7-14(8-10-15)13-23-12-4-11-20-18(21)16-5-2-3-6-17(16)19;/h2-3,5-10H,4,11-13,19H2,1H3,(H,20,21);1H. The average Bonchev–Trinajstić information content (AvgIpc) is 2.58. The van der Waals surface area contributed by atoms with E-state index in [4.69, 9.17) is 15.2 Å². The Morgan fingerprint density at radius 2 is 1.83 bits per heavy atom. The minimum Gasteiger partial charge on any atom is -0.497 e. The minimum atomic E-state index is -0.154. The molecule has 0 bridgehead atoms. The Hall–Kier alpha value is -2.24. The molecule has 130 valence electrons. The van der Waals surface area contributed by atoms with Crippen LogP contribution in [0.5, 0.6) is 5.75 Å². The van der Waals surface area contributed by atoms with Crippen LogP contribution in [-0.2, 0) is 11.3 Å². The van der Waals surface area contributed by atoms with Gasteiger partial charge in [0.2, 0.25) is 0 Å². The van der Waals surface area contributed by atoms with E-state index >= 15 is 0 Å². The fraction of sp³-hybridized carbons (Fsp3) is 0.278. The molecule has 0 aromatic heterocycles. The Bertz CT molecular complexity index is 632. The summed E-state index contributed by atoms with van der Waals surface area (Å²) in [5.41, 5.74) is 7.85. The Balaban J connectivity index is 0.00000288. The van der Waals surface area contributed by atoms with Crippen LogP contribution in [0, 0.1) is 0 Å². The molecule has 0 radical (unpaired) electrons. The van der Waals surface area contributed by atoms with Crippen LogP contribution in [0.25, 0.3) is 0 Å². The summed E-state index contributed by atoms with van der Waals surface area (Å²) in [4.78, 5) is 11.9. The monoisotopic (exact) mass is 350 g/mol. The number of rotatable bonds is 8. The van der Waals surface area contributed by atoms with Gasteiger partial charge in [-0.25, -0.2) is 0 Å². The third kappa shape index (κ3) is 6.10. The van der Waals surface area contributed by atoms with Crippen molar-refractivity contribution in [2.75, 3.05) is 26.0 Å². The first-order valence-electron chi connectivity index (χ1n) is 7.54. The van der Waals surface area contributed by atoms with Gasteiger partial charge in [-0.05, 0) is 36.2 Å². The number of methoxy groups -OCH3 is 1. The summed E-state index contributed by atoms with van der Waals surface area (Å²) < 4.78 is 10.7. The molecule has 24 heavy (non-hydrogen) atoms. The third-order valence-electron chi connectivity index (χ3n) is 3.38. The number of hydrogen-bond donors (Lipinski definition) is 2. The summed E-state index contributed by atoms with van der Waals surface area (Å²) in [5.74, 6) is 0.676. The third-order valence-corrected chi connectivity index (χ3v) is 3.38. The van der Waals surface area contributed by atoms with Crippen molar-refractivity contribution in [3.63, 3.8) is 0 Å². The molecule has 5 nitrogen and oxygen atoms in total. The van der Waals surface area contributed by atoms with Crippen molar-refractivity contribution in [2.24, 2.45) is 0 Å².